The summed E-state index contributed by atoms with van der Waals surface area (Å²) in [6.45, 7) is 4.89. The summed E-state index contributed by atoms with van der Waals surface area (Å²) in [6.07, 6.45) is 0.707. The highest BCUT2D eigenvalue weighted by Gasteiger charge is 2.15. The van der Waals surface area contributed by atoms with Crippen LogP contribution >= 0.6 is 0 Å². The molecule has 0 saturated heterocycles. The molecule has 0 aliphatic rings. The van der Waals surface area contributed by atoms with Crippen molar-refractivity contribution < 1.29 is 9.21 Å². The molecule has 4 nitrogen and oxygen atoms in total. The van der Waals surface area contributed by atoms with Crippen molar-refractivity contribution in [1.82, 2.24) is 9.78 Å². The second kappa shape index (κ2) is 6.06. The first kappa shape index (κ1) is 15.4. The van der Waals surface area contributed by atoms with Gasteiger partial charge in [0.15, 0.2) is 17.8 Å². The van der Waals surface area contributed by atoms with Crippen molar-refractivity contribution in [2.24, 2.45) is 0 Å². The number of aromatic nitrogens is 2. The van der Waals surface area contributed by atoms with Crippen molar-refractivity contribution in [1.29, 1.82) is 0 Å². The Morgan fingerprint density at radius 2 is 1.80 bits per heavy atom. The Hall–Kier alpha value is -3.14. The lowest BCUT2D eigenvalue weighted by Gasteiger charge is -2.06. The van der Waals surface area contributed by atoms with Gasteiger partial charge in [-0.05, 0) is 37.6 Å². The maximum Gasteiger partial charge on any atom is 0.185 e. The van der Waals surface area contributed by atoms with E-state index in [1.54, 1.807) is 12.1 Å². The summed E-state index contributed by atoms with van der Waals surface area (Å²) >= 11 is 0. The topological polar surface area (TPSA) is 48.0 Å². The predicted molar refractivity (Wildman–Crippen MR) is 97.8 cm³/mol. The van der Waals surface area contributed by atoms with Crippen molar-refractivity contribution in [3.05, 3.63) is 77.0 Å². The highest BCUT2D eigenvalue weighted by molar-refractivity contribution is 5.92. The standard InChI is InChI=1S/C21H18N2O2/c1-14-9-15(2)11-16(10-14)12-23-19-6-4-3-5-18(19)21(22-23)20-8-7-17(13-24)25-20/h3-11,13H,12H2,1-2H3. The molecule has 0 aliphatic heterocycles. The van der Waals surface area contributed by atoms with Crippen molar-refractivity contribution in [2.75, 3.05) is 0 Å². The number of furan rings is 1. The number of rotatable bonds is 4. The van der Waals surface area contributed by atoms with Gasteiger partial charge in [0.05, 0.1) is 12.1 Å². The third-order valence-corrected chi connectivity index (χ3v) is 4.25. The van der Waals surface area contributed by atoms with Gasteiger partial charge in [0.1, 0.15) is 5.69 Å². The van der Waals surface area contributed by atoms with E-state index >= 15 is 0 Å². The summed E-state index contributed by atoms with van der Waals surface area (Å²) in [5, 5.41) is 5.78. The fraction of sp³-hybridized carbons (Fsp3) is 0.143. The number of aldehydes is 1. The van der Waals surface area contributed by atoms with Crippen LogP contribution in [0.3, 0.4) is 0 Å². The lowest BCUT2D eigenvalue weighted by molar-refractivity contribution is 0.110. The predicted octanol–water partition coefficient (Wildman–Crippen LogP) is 4.77. The van der Waals surface area contributed by atoms with Crippen molar-refractivity contribution >= 4 is 17.2 Å². The maximum atomic E-state index is 10.9. The fourth-order valence-corrected chi connectivity index (χ4v) is 3.31. The number of fused-ring (bicyclic) bond motifs is 1. The first-order valence-corrected chi connectivity index (χ1v) is 8.22. The molecule has 2 aromatic heterocycles. The molecule has 4 aromatic rings. The average Bonchev–Trinajstić information content (AvgIpc) is 3.19. The Labute approximate surface area is 145 Å². The lowest BCUT2D eigenvalue weighted by Crippen LogP contribution is -2.02. The number of para-hydroxylation sites is 1. The van der Waals surface area contributed by atoms with Crippen LogP contribution in [-0.2, 0) is 6.54 Å². The van der Waals surface area contributed by atoms with Crippen LogP contribution in [0.25, 0.3) is 22.4 Å². The van der Waals surface area contributed by atoms with Gasteiger partial charge in [0.25, 0.3) is 0 Å². The molecule has 0 radical (unpaired) electrons. The molecular weight excluding hydrogens is 312 g/mol. The van der Waals surface area contributed by atoms with E-state index in [1.807, 2.05) is 22.9 Å². The lowest BCUT2D eigenvalue weighted by atomic mass is 10.1. The largest absolute Gasteiger partial charge is 0.452 e. The number of carbonyl (C=O) groups excluding carboxylic acids is 1. The Kier molecular flexibility index (Phi) is 3.73. The van der Waals surface area contributed by atoms with Gasteiger partial charge < -0.3 is 4.42 Å². The molecule has 2 aromatic carbocycles. The van der Waals surface area contributed by atoms with E-state index in [-0.39, 0.29) is 0 Å². The molecule has 4 rings (SSSR count). The maximum absolute atomic E-state index is 10.9. The fourth-order valence-electron chi connectivity index (χ4n) is 3.31. The number of nitrogens with zero attached hydrogens (tertiary/aromatic N) is 2. The summed E-state index contributed by atoms with van der Waals surface area (Å²) in [5.41, 5.74) is 5.50. The third-order valence-electron chi connectivity index (χ3n) is 4.25. The average molecular weight is 330 g/mol. The summed E-state index contributed by atoms with van der Waals surface area (Å²) in [6, 6.07) is 18.1. The van der Waals surface area contributed by atoms with Crippen LogP contribution in [0.1, 0.15) is 27.2 Å². The molecule has 0 spiro atoms. The zero-order valence-electron chi connectivity index (χ0n) is 14.2. The smallest absolute Gasteiger partial charge is 0.185 e. The van der Waals surface area contributed by atoms with E-state index in [0.29, 0.717) is 24.4 Å². The van der Waals surface area contributed by atoms with Crippen molar-refractivity contribution in [2.45, 2.75) is 20.4 Å². The van der Waals surface area contributed by atoms with E-state index in [1.165, 1.54) is 16.7 Å². The van der Waals surface area contributed by atoms with Gasteiger partial charge in [-0.1, -0.05) is 47.5 Å². The normalized spacial score (nSPS) is 11.1. The number of benzene rings is 2. The molecule has 0 atom stereocenters. The number of hydrogen-bond acceptors (Lipinski definition) is 3. The van der Waals surface area contributed by atoms with E-state index in [2.05, 4.69) is 38.1 Å². The van der Waals surface area contributed by atoms with Gasteiger partial charge >= 0.3 is 0 Å². The van der Waals surface area contributed by atoms with Gasteiger partial charge in [-0.3, -0.25) is 9.48 Å². The number of aryl methyl sites for hydroxylation is 2. The third kappa shape index (κ3) is 2.87. The van der Waals surface area contributed by atoms with Gasteiger partial charge in [-0.15, -0.1) is 0 Å². The first-order chi connectivity index (χ1) is 12.1. The zero-order valence-corrected chi connectivity index (χ0v) is 14.2. The molecule has 0 unspecified atom stereocenters. The molecule has 0 N–H and O–H groups in total. The molecule has 4 heteroatoms. The number of hydrogen-bond donors (Lipinski definition) is 0. The SMILES string of the molecule is Cc1cc(C)cc(Cn2nc(-c3ccc(C=O)o3)c3ccccc32)c1. The monoisotopic (exact) mass is 330 g/mol. The van der Waals surface area contributed by atoms with Crippen LogP contribution in [0.2, 0.25) is 0 Å². The molecule has 0 bridgehead atoms. The Balaban J connectivity index is 1.83. The zero-order chi connectivity index (χ0) is 17.4. The minimum absolute atomic E-state index is 0.308. The molecule has 25 heavy (non-hydrogen) atoms. The van der Waals surface area contributed by atoms with Crippen LogP contribution in [0, 0.1) is 13.8 Å². The molecule has 124 valence electrons. The highest BCUT2D eigenvalue weighted by atomic mass is 16.3. The number of carbonyl (C=O) groups is 1. The van der Waals surface area contributed by atoms with Gasteiger partial charge in [-0.25, -0.2) is 0 Å². The van der Waals surface area contributed by atoms with Gasteiger partial charge in [0, 0.05) is 5.39 Å². The highest BCUT2D eigenvalue weighted by Crippen LogP contribution is 2.29. The summed E-state index contributed by atoms with van der Waals surface area (Å²) < 4.78 is 7.57. The summed E-state index contributed by atoms with van der Waals surface area (Å²) in [4.78, 5) is 10.9. The minimum atomic E-state index is 0.308. The van der Waals surface area contributed by atoms with Gasteiger partial charge in [-0.2, -0.15) is 5.10 Å². The van der Waals surface area contributed by atoms with Gasteiger partial charge in [0.2, 0.25) is 0 Å². The van der Waals surface area contributed by atoms with E-state index < -0.39 is 0 Å². The Bertz CT molecular complexity index is 1050. The van der Waals surface area contributed by atoms with Crippen LogP contribution < -0.4 is 0 Å². The molecule has 0 fully saturated rings. The summed E-state index contributed by atoms with van der Waals surface area (Å²) in [7, 11) is 0. The van der Waals surface area contributed by atoms with Crippen LogP contribution in [0.5, 0.6) is 0 Å². The minimum Gasteiger partial charge on any atom is -0.452 e. The van der Waals surface area contributed by atoms with E-state index in [0.717, 1.165) is 16.6 Å². The molecular formula is C21H18N2O2. The van der Waals surface area contributed by atoms with Crippen LogP contribution in [-0.4, -0.2) is 16.1 Å². The van der Waals surface area contributed by atoms with Crippen molar-refractivity contribution in [3.8, 4) is 11.5 Å². The Morgan fingerprint density at radius 3 is 2.52 bits per heavy atom. The molecule has 2 heterocycles. The summed E-state index contributed by atoms with van der Waals surface area (Å²) in [5.74, 6) is 0.917. The molecule has 0 aliphatic carbocycles. The second-order valence-electron chi connectivity index (χ2n) is 6.34. The van der Waals surface area contributed by atoms with Crippen molar-refractivity contribution in [3.63, 3.8) is 0 Å². The molecule has 0 amide bonds. The van der Waals surface area contributed by atoms with E-state index in [9.17, 15) is 4.79 Å². The Morgan fingerprint density at radius 1 is 1.04 bits per heavy atom. The molecule has 0 saturated carbocycles. The second-order valence-corrected chi connectivity index (χ2v) is 6.34. The quantitative estimate of drug-likeness (QED) is 0.506. The van der Waals surface area contributed by atoms with Crippen LogP contribution in [0.4, 0.5) is 0 Å². The van der Waals surface area contributed by atoms with E-state index in [4.69, 9.17) is 9.52 Å². The van der Waals surface area contributed by atoms with Crippen LogP contribution in [0.15, 0.2) is 59.0 Å². The first-order valence-electron chi connectivity index (χ1n) is 8.22.